The second-order valence-electron chi connectivity index (χ2n) is 4.10. The van der Waals surface area contributed by atoms with Gasteiger partial charge in [0.1, 0.15) is 4.21 Å². The second kappa shape index (κ2) is 5.07. The summed E-state index contributed by atoms with van der Waals surface area (Å²) < 4.78 is 22.8. The predicted octanol–water partition coefficient (Wildman–Crippen LogP) is 2.07. The van der Waals surface area contributed by atoms with Crippen LogP contribution in [0.1, 0.15) is 6.92 Å². The number of anilines is 1. The molecule has 1 rings (SSSR count). The van der Waals surface area contributed by atoms with E-state index in [0.717, 1.165) is 29.2 Å². The monoisotopic (exact) mass is 290 g/mol. The van der Waals surface area contributed by atoms with Crippen LogP contribution in [-0.4, -0.2) is 33.2 Å². The number of rotatable bonds is 5. The zero-order valence-corrected chi connectivity index (χ0v) is 12.0. The van der Waals surface area contributed by atoms with Gasteiger partial charge in [-0.1, -0.05) is 23.5 Å². The van der Waals surface area contributed by atoms with E-state index < -0.39 is 14.8 Å². The first-order chi connectivity index (χ1) is 8.12. The number of nitro groups is 1. The van der Waals surface area contributed by atoms with Gasteiger partial charge in [0.15, 0.2) is 14.8 Å². The van der Waals surface area contributed by atoms with Crippen LogP contribution in [0.5, 0.6) is 0 Å². The van der Waals surface area contributed by atoms with Gasteiger partial charge in [-0.2, -0.15) is 0 Å². The molecule has 0 saturated heterocycles. The Balaban J connectivity index is 3.29. The number of hydrogen-bond donors (Lipinski definition) is 0. The third-order valence-corrected chi connectivity index (χ3v) is 5.13. The van der Waals surface area contributed by atoms with E-state index in [9.17, 15) is 18.5 Å². The highest BCUT2D eigenvalue weighted by atomic mass is 32.2. The number of nitrogens with zero attached hydrogens (tertiary/aromatic N) is 2. The van der Waals surface area contributed by atoms with Gasteiger partial charge in [-0.15, -0.1) is 0 Å². The van der Waals surface area contributed by atoms with E-state index in [1.54, 1.807) is 18.9 Å². The summed E-state index contributed by atoms with van der Waals surface area (Å²) in [4.78, 5) is 12.0. The fourth-order valence-electron chi connectivity index (χ4n) is 1.41. The SMILES string of the molecule is C=C(C)CN(C)c1sc(S(C)(=O)=O)cc1[N+](=O)[O-]. The summed E-state index contributed by atoms with van der Waals surface area (Å²) >= 11 is 0.900. The van der Waals surface area contributed by atoms with Crippen molar-refractivity contribution in [3.05, 3.63) is 28.3 Å². The van der Waals surface area contributed by atoms with Crippen LogP contribution in [0.25, 0.3) is 0 Å². The highest BCUT2D eigenvalue weighted by Gasteiger charge is 2.25. The van der Waals surface area contributed by atoms with Gasteiger partial charge in [-0.3, -0.25) is 10.1 Å². The molecule has 18 heavy (non-hydrogen) atoms. The molecule has 0 aliphatic carbocycles. The van der Waals surface area contributed by atoms with Crippen molar-refractivity contribution in [1.29, 1.82) is 0 Å². The van der Waals surface area contributed by atoms with Crippen LogP contribution in [-0.2, 0) is 9.84 Å². The third kappa shape index (κ3) is 3.30. The van der Waals surface area contributed by atoms with Gasteiger partial charge in [0.25, 0.3) is 0 Å². The topological polar surface area (TPSA) is 80.5 Å². The standard InChI is InChI=1S/C10H14N2O4S2/c1-7(2)6-11(3)10-8(12(13)14)5-9(17-10)18(4,15)16/h5H,1,6H2,2-4H3. The van der Waals surface area contributed by atoms with E-state index in [2.05, 4.69) is 6.58 Å². The van der Waals surface area contributed by atoms with Crippen molar-refractivity contribution in [2.45, 2.75) is 11.1 Å². The summed E-state index contributed by atoms with van der Waals surface area (Å²) in [6.45, 7) is 5.96. The maximum atomic E-state index is 11.4. The molecule has 1 aromatic heterocycles. The lowest BCUT2D eigenvalue weighted by Gasteiger charge is -2.16. The molecule has 0 N–H and O–H groups in total. The molecule has 0 aliphatic heterocycles. The maximum absolute atomic E-state index is 11.4. The van der Waals surface area contributed by atoms with Gasteiger partial charge in [0, 0.05) is 25.9 Å². The van der Waals surface area contributed by atoms with Gasteiger partial charge < -0.3 is 4.90 Å². The van der Waals surface area contributed by atoms with Gasteiger partial charge in [0.2, 0.25) is 0 Å². The molecule has 6 nitrogen and oxygen atoms in total. The minimum Gasteiger partial charge on any atom is -0.357 e. The van der Waals surface area contributed by atoms with E-state index in [1.807, 2.05) is 0 Å². The lowest BCUT2D eigenvalue weighted by molar-refractivity contribution is -0.383. The Hall–Kier alpha value is -1.41. The van der Waals surface area contributed by atoms with Crippen LogP contribution in [0.2, 0.25) is 0 Å². The van der Waals surface area contributed by atoms with Crippen LogP contribution >= 0.6 is 11.3 Å². The molecular weight excluding hydrogens is 276 g/mol. The number of likely N-dealkylation sites (N-methyl/N-ethyl adjacent to an activating group) is 1. The van der Waals surface area contributed by atoms with Gasteiger partial charge >= 0.3 is 5.69 Å². The zero-order valence-electron chi connectivity index (χ0n) is 10.3. The number of thiophene rings is 1. The highest BCUT2D eigenvalue weighted by Crippen LogP contribution is 2.39. The lowest BCUT2D eigenvalue weighted by atomic mass is 10.3. The summed E-state index contributed by atoms with van der Waals surface area (Å²) in [6.07, 6.45) is 1.03. The summed E-state index contributed by atoms with van der Waals surface area (Å²) in [5.74, 6) is 0. The third-order valence-electron chi connectivity index (χ3n) is 2.09. The molecule has 8 heteroatoms. The molecule has 0 amide bonds. The molecule has 1 aromatic rings. The van der Waals surface area contributed by atoms with Gasteiger partial charge in [0.05, 0.1) is 4.92 Å². The molecule has 0 atom stereocenters. The first-order valence-electron chi connectivity index (χ1n) is 4.96. The highest BCUT2D eigenvalue weighted by molar-refractivity contribution is 7.92. The van der Waals surface area contributed by atoms with E-state index in [0.29, 0.717) is 11.5 Å². The molecular formula is C10H14N2O4S2. The Kier molecular flexibility index (Phi) is 4.12. The summed E-state index contributed by atoms with van der Waals surface area (Å²) in [7, 11) is -1.77. The van der Waals surface area contributed by atoms with Crippen molar-refractivity contribution in [2.24, 2.45) is 0 Å². The molecule has 0 unspecified atom stereocenters. The minimum atomic E-state index is -3.44. The average Bonchev–Trinajstić information content (AvgIpc) is 2.59. The Bertz CT molecular complexity index is 589. The Labute approximate surface area is 110 Å². The molecule has 0 aromatic carbocycles. The van der Waals surface area contributed by atoms with Crippen molar-refractivity contribution in [3.8, 4) is 0 Å². The smallest absolute Gasteiger partial charge is 0.305 e. The first kappa shape index (κ1) is 14.7. The maximum Gasteiger partial charge on any atom is 0.305 e. The second-order valence-corrected chi connectivity index (χ2v) is 7.37. The summed E-state index contributed by atoms with van der Waals surface area (Å²) in [6, 6.07) is 1.10. The van der Waals surface area contributed by atoms with Crippen molar-refractivity contribution in [2.75, 3.05) is 24.7 Å². The van der Waals surface area contributed by atoms with Crippen LogP contribution in [0.3, 0.4) is 0 Å². The first-order valence-corrected chi connectivity index (χ1v) is 7.67. The fraction of sp³-hybridized carbons (Fsp3) is 0.400. The Morgan fingerprint density at radius 3 is 2.56 bits per heavy atom. The van der Waals surface area contributed by atoms with E-state index in [4.69, 9.17) is 0 Å². The zero-order chi connectivity index (χ0) is 14.1. The molecule has 0 radical (unpaired) electrons. The Morgan fingerprint density at radius 2 is 2.17 bits per heavy atom. The average molecular weight is 290 g/mol. The van der Waals surface area contributed by atoms with Gasteiger partial charge in [-0.25, -0.2) is 8.42 Å². The lowest BCUT2D eigenvalue weighted by Crippen LogP contribution is -2.18. The van der Waals surface area contributed by atoms with E-state index in [-0.39, 0.29) is 9.90 Å². The van der Waals surface area contributed by atoms with Crippen molar-refractivity contribution in [3.63, 3.8) is 0 Å². The number of sulfone groups is 1. The Morgan fingerprint density at radius 1 is 1.61 bits per heavy atom. The van der Waals surface area contributed by atoms with Crippen LogP contribution in [0.4, 0.5) is 10.7 Å². The van der Waals surface area contributed by atoms with Crippen molar-refractivity contribution >= 4 is 31.9 Å². The molecule has 0 spiro atoms. The van der Waals surface area contributed by atoms with Crippen LogP contribution in [0, 0.1) is 10.1 Å². The summed E-state index contributed by atoms with van der Waals surface area (Å²) in [5.41, 5.74) is 0.644. The van der Waals surface area contributed by atoms with Gasteiger partial charge in [-0.05, 0) is 6.92 Å². The normalized spacial score (nSPS) is 11.3. The number of hydrogen-bond acceptors (Lipinski definition) is 6. The summed E-state index contributed by atoms with van der Waals surface area (Å²) in [5, 5.41) is 11.2. The molecule has 0 fully saturated rings. The predicted molar refractivity (Wildman–Crippen MR) is 72.2 cm³/mol. The molecule has 100 valence electrons. The van der Waals surface area contributed by atoms with Crippen molar-refractivity contribution < 1.29 is 13.3 Å². The molecule has 0 bridgehead atoms. The molecule has 0 saturated carbocycles. The van der Waals surface area contributed by atoms with Crippen LogP contribution in [0.15, 0.2) is 22.4 Å². The van der Waals surface area contributed by atoms with E-state index in [1.165, 1.54) is 0 Å². The van der Waals surface area contributed by atoms with E-state index >= 15 is 0 Å². The molecule has 0 aliphatic rings. The van der Waals surface area contributed by atoms with Crippen molar-refractivity contribution in [1.82, 2.24) is 0 Å². The fourth-order valence-corrected chi connectivity index (χ4v) is 3.40. The largest absolute Gasteiger partial charge is 0.357 e. The molecule has 1 heterocycles. The van der Waals surface area contributed by atoms with Crippen LogP contribution < -0.4 is 4.90 Å². The quantitative estimate of drug-likeness (QED) is 0.471. The minimum absolute atomic E-state index is 0.00207.